The predicted molar refractivity (Wildman–Crippen MR) is 140 cm³/mol. The van der Waals surface area contributed by atoms with E-state index < -0.39 is 0 Å². The van der Waals surface area contributed by atoms with Gasteiger partial charge in [-0.05, 0) is 60.9 Å². The number of carbonyl (C=O) groups is 1. The average Bonchev–Trinajstić information content (AvgIpc) is 3.21. The molecule has 0 N–H and O–H groups in total. The number of rotatable bonds is 5. The molecular weight excluding hydrogens is 465 g/mol. The molecule has 2 nitrogen and oxygen atoms in total. The van der Waals surface area contributed by atoms with Gasteiger partial charge in [0.05, 0.1) is 5.02 Å². The van der Waals surface area contributed by atoms with Crippen LogP contribution in [0.5, 0.6) is 0 Å². The summed E-state index contributed by atoms with van der Waals surface area (Å²) < 4.78 is 16.0. The first kappa shape index (κ1) is 23.1. The van der Waals surface area contributed by atoms with Gasteiger partial charge in [-0.25, -0.2) is 4.39 Å². The van der Waals surface area contributed by atoms with Crippen molar-refractivity contribution in [2.24, 2.45) is 5.92 Å². The number of halogens is 2. The number of fused-ring (bicyclic) bond motifs is 1. The first-order valence-corrected chi connectivity index (χ1v) is 13.0. The van der Waals surface area contributed by atoms with Gasteiger partial charge in [-0.1, -0.05) is 73.1 Å². The highest BCUT2D eigenvalue weighted by Gasteiger charge is 2.31. The Bertz CT molecular complexity index is 1310. The number of carbonyl (C=O) groups excluding carboxylic acids is 1. The van der Waals surface area contributed by atoms with E-state index in [0.717, 1.165) is 46.9 Å². The van der Waals surface area contributed by atoms with Crippen molar-refractivity contribution in [3.63, 3.8) is 0 Å². The second-order valence-corrected chi connectivity index (χ2v) is 10.7. The molecule has 34 heavy (non-hydrogen) atoms. The first-order valence-electron chi connectivity index (χ1n) is 11.8. The van der Waals surface area contributed by atoms with Gasteiger partial charge >= 0.3 is 0 Å². The Balaban J connectivity index is 1.52. The molecule has 5 heteroatoms. The first-order chi connectivity index (χ1) is 16.5. The summed E-state index contributed by atoms with van der Waals surface area (Å²) in [6.07, 6.45) is 3.99. The van der Waals surface area contributed by atoms with Crippen LogP contribution in [0.1, 0.15) is 47.8 Å². The highest BCUT2D eigenvalue weighted by atomic mass is 35.5. The van der Waals surface area contributed by atoms with Gasteiger partial charge < -0.3 is 4.90 Å². The lowest BCUT2D eigenvalue weighted by Gasteiger charge is -2.36. The van der Waals surface area contributed by atoms with Gasteiger partial charge in [-0.2, -0.15) is 0 Å². The Kier molecular flexibility index (Phi) is 6.71. The minimum Gasteiger partial charge on any atom is -0.330 e. The van der Waals surface area contributed by atoms with Crippen molar-refractivity contribution in [1.82, 2.24) is 4.90 Å². The van der Waals surface area contributed by atoms with Crippen LogP contribution in [0.3, 0.4) is 0 Å². The molecule has 1 heterocycles. The minimum atomic E-state index is -0.288. The van der Waals surface area contributed by atoms with E-state index in [-0.39, 0.29) is 24.3 Å². The van der Waals surface area contributed by atoms with Gasteiger partial charge in [0.15, 0.2) is 0 Å². The van der Waals surface area contributed by atoms with Crippen LogP contribution in [0.2, 0.25) is 5.02 Å². The molecule has 0 saturated heterocycles. The van der Waals surface area contributed by atoms with Gasteiger partial charge in [-0.15, -0.1) is 11.3 Å². The highest BCUT2D eigenvalue weighted by molar-refractivity contribution is 7.21. The summed E-state index contributed by atoms with van der Waals surface area (Å²) in [5.74, 6) is 0.263. The quantitative estimate of drug-likeness (QED) is 0.273. The fraction of sp³-hybridized carbons (Fsp3) is 0.276. The fourth-order valence-corrected chi connectivity index (χ4v) is 6.36. The van der Waals surface area contributed by atoms with Crippen molar-refractivity contribution in [1.29, 1.82) is 0 Å². The lowest BCUT2D eigenvalue weighted by Crippen LogP contribution is -2.41. The number of hydrogen-bond donors (Lipinski definition) is 0. The van der Waals surface area contributed by atoms with E-state index >= 15 is 4.39 Å². The molecule has 0 spiro atoms. The Morgan fingerprint density at radius 1 is 0.971 bits per heavy atom. The Morgan fingerprint density at radius 2 is 1.68 bits per heavy atom. The third kappa shape index (κ3) is 4.62. The van der Waals surface area contributed by atoms with E-state index in [4.69, 9.17) is 11.6 Å². The van der Waals surface area contributed by atoms with Crippen LogP contribution < -0.4 is 0 Å². The molecule has 1 fully saturated rings. The van der Waals surface area contributed by atoms with E-state index in [0.29, 0.717) is 21.4 Å². The van der Waals surface area contributed by atoms with Crippen LogP contribution in [0.4, 0.5) is 4.39 Å². The van der Waals surface area contributed by atoms with Crippen LogP contribution in [0.15, 0.2) is 72.8 Å². The van der Waals surface area contributed by atoms with E-state index in [1.165, 1.54) is 17.4 Å². The van der Waals surface area contributed by atoms with Crippen LogP contribution in [-0.2, 0) is 6.54 Å². The molecule has 0 radical (unpaired) electrons. The van der Waals surface area contributed by atoms with Gasteiger partial charge in [0.2, 0.25) is 0 Å². The maximum Gasteiger partial charge on any atom is 0.266 e. The van der Waals surface area contributed by atoms with Crippen molar-refractivity contribution >= 4 is 38.9 Å². The summed E-state index contributed by atoms with van der Waals surface area (Å²) in [5, 5.41) is 1.39. The monoisotopic (exact) mass is 491 g/mol. The highest BCUT2D eigenvalue weighted by Crippen LogP contribution is 2.38. The predicted octanol–water partition coefficient (Wildman–Crippen LogP) is 8.58. The van der Waals surface area contributed by atoms with Crippen LogP contribution in [-0.4, -0.2) is 16.8 Å². The van der Waals surface area contributed by atoms with Crippen molar-refractivity contribution in [2.75, 3.05) is 0 Å². The van der Waals surface area contributed by atoms with Crippen molar-refractivity contribution < 1.29 is 9.18 Å². The maximum absolute atomic E-state index is 15.0. The zero-order valence-corrected chi connectivity index (χ0v) is 20.7. The Morgan fingerprint density at radius 3 is 2.41 bits per heavy atom. The van der Waals surface area contributed by atoms with Crippen molar-refractivity contribution in [2.45, 2.75) is 45.2 Å². The summed E-state index contributed by atoms with van der Waals surface area (Å²) in [6.45, 7) is 2.49. The summed E-state index contributed by atoms with van der Waals surface area (Å²) in [6, 6.07) is 23.0. The Hall–Kier alpha value is -2.69. The molecule has 5 rings (SSSR count). The second-order valence-electron chi connectivity index (χ2n) is 9.26. The largest absolute Gasteiger partial charge is 0.330 e. The zero-order valence-electron chi connectivity index (χ0n) is 19.1. The average molecular weight is 492 g/mol. The second kappa shape index (κ2) is 9.89. The van der Waals surface area contributed by atoms with Crippen LogP contribution in [0.25, 0.3) is 21.2 Å². The van der Waals surface area contributed by atoms with Crippen molar-refractivity contribution in [3.05, 3.63) is 94.1 Å². The summed E-state index contributed by atoms with van der Waals surface area (Å²) in [7, 11) is 0. The molecule has 1 saturated carbocycles. The number of hydrogen-bond acceptors (Lipinski definition) is 2. The van der Waals surface area contributed by atoms with E-state index in [1.54, 1.807) is 6.07 Å². The molecule has 1 aliphatic rings. The molecule has 174 valence electrons. The Labute approximate surface area is 209 Å². The van der Waals surface area contributed by atoms with Crippen LogP contribution >= 0.6 is 22.9 Å². The lowest BCUT2D eigenvalue weighted by atomic mass is 9.86. The van der Waals surface area contributed by atoms with Gasteiger partial charge in [0.25, 0.3) is 5.91 Å². The smallest absolute Gasteiger partial charge is 0.266 e. The fourth-order valence-electron chi connectivity index (χ4n) is 4.89. The summed E-state index contributed by atoms with van der Waals surface area (Å²) >= 11 is 8.11. The minimum absolute atomic E-state index is 0.0739. The normalized spacial score (nSPS) is 18.2. The maximum atomic E-state index is 15.0. The third-order valence-corrected chi connectivity index (χ3v) is 8.57. The molecule has 4 aromatic rings. The topological polar surface area (TPSA) is 20.3 Å². The summed E-state index contributed by atoms with van der Waals surface area (Å²) in [4.78, 5) is 16.3. The molecular formula is C29H27ClFNOS. The van der Waals surface area contributed by atoms with Crippen LogP contribution in [0, 0.1) is 11.7 Å². The number of nitrogens with zero attached hydrogens (tertiary/aromatic N) is 1. The van der Waals surface area contributed by atoms with Gasteiger partial charge in [0.1, 0.15) is 10.7 Å². The zero-order chi connectivity index (χ0) is 23.7. The molecule has 0 atom stereocenters. The van der Waals surface area contributed by atoms with Gasteiger partial charge in [0, 0.05) is 28.2 Å². The number of benzene rings is 3. The summed E-state index contributed by atoms with van der Waals surface area (Å²) in [5.41, 5.74) is 2.51. The van der Waals surface area contributed by atoms with Gasteiger partial charge in [-0.3, -0.25) is 4.79 Å². The SMILES string of the molecule is C[C@H]1CC[C@H](N(Cc2cc(-c3ccccc3)ccc2F)C(=O)c2sc3ccccc3c2Cl)CC1. The molecule has 1 amide bonds. The molecule has 0 aliphatic heterocycles. The molecule has 0 bridgehead atoms. The molecule has 1 aromatic heterocycles. The standard InChI is InChI=1S/C29H27ClFNOS/c1-19-11-14-23(15-12-19)32(29(33)28-27(30)24-9-5-6-10-26(24)34-28)18-22-17-21(13-16-25(22)31)20-7-3-2-4-8-20/h2-10,13,16-17,19,23H,11-12,14-15,18H2,1H3/t19-,23-. The van der Waals surface area contributed by atoms with E-state index in [1.807, 2.05) is 65.6 Å². The third-order valence-electron chi connectivity index (χ3n) is 6.91. The molecule has 0 unspecified atom stereocenters. The van der Waals surface area contributed by atoms with E-state index in [2.05, 4.69) is 6.92 Å². The number of amides is 1. The van der Waals surface area contributed by atoms with E-state index in [9.17, 15) is 4.79 Å². The van der Waals surface area contributed by atoms with Crippen molar-refractivity contribution in [3.8, 4) is 11.1 Å². The molecule has 3 aromatic carbocycles. The number of thiophene rings is 1. The lowest BCUT2D eigenvalue weighted by molar-refractivity contribution is 0.0596. The molecule has 1 aliphatic carbocycles.